The van der Waals surface area contributed by atoms with Gasteiger partial charge in [-0.05, 0) is 42.0 Å². The maximum absolute atomic E-state index is 11.5. The Bertz CT molecular complexity index is 911. The van der Waals surface area contributed by atoms with Crippen molar-refractivity contribution >= 4 is 22.7 Å². The Kier molecular flexibility index (Phi) is 4.20. The summed E-state index contributed by atoms with van der Waals surface area (Å²) in [5, 5.41) is 12.8. The van der Waals surface area contributed by atoms with E-state index in [9.17, 15) is 4.79 Å². The van der Waals surface area contributed by atoms with E-state index in [4.69, 9.17) is 15.7 Å². The Morgan fingerprint density at radius 1 is 1.17 bits per heavy atom. The molecule has 3 aromatic rings. The van der Waals surface area contributed by atoms with Crippen LogP contribution in [-0.4, -0.2) is 28.7 Å². The first-order valence-electron chi connectivity index (χ1n) is 7.36. The van der Waals surface area contributed by atoms with Crippen molar-refractivity contribution < 1.29 is 14.7 Å². The van der Waals surface area contributed by atoms with Gasteiger partial charge >= 0.3 is 5.97 Å². The molecule has 0 amide bonds. The first kappa shape index (κ1) is 15.6. The van der Waals surface area contributed by atoms with E-state index in [0.717, 1.165) is 16.5 Å². The monoisotopic (exact) mass is 323 g/mol. The number of ether oxygens (including phenoxy) is 1. The minimum Gasteiger partial charge on any atom is -0.465 e. The summed E-state index contributed by atoms with van der Waals surface area (Å²) in [6.07, 6.45) is 1.98. The van der Waals surface area contributed by atoms with Crippen molar-refractivity contribution in [2.24, 2.45) is 10.9 Å². The lowest BCUT2D eigenvalue weighted by Gasteiger charge is -2.07. The molecule has 0 fully saturated rings. The maximum Gasteiger partial charge on any atom is 0.337 e. The second-order valence-corrected chi connectivity index (χ2v) is 5.39. The second kappa shape index (κ2) is 6.45. The molecule has 0 atom stereocenters. The smallest absolute Gasteiger partial charge is 0.337 e. The van der Waals surface area contributed by atoms with E-state index < -0.39 is 0 Å². The van der Waals surface area contributed by atoms with E-state index in [1.165, 1.54) is 7.11 Å². The predicted octanol–water partition coefficient (Wildman–Crippen LogP) is 2.57. The third kappa shape index (κ3) is 2.94. The molecule has 3 N–H and O–H groups in total. The Balaban J connectivity index is 1.86. The summed E-state index contributed by atoms with van der Waals surface area (Å²) in [6, 6.07) is 14.9. The molecule has 0 radical (unpaired) electrons. The highest BCUT2D eigenvalue weighted by atomic mass is 16.5. The average Bonchev–Trinajstić information content (AvgIpc) is 3.03. The highest BCUT2D eigenvalue weighted by Crippen LogP contribution is 2.19. The molecule has 24 heavy (non-hydrogen) atoms. The van der Waals surface area contributed by atoms with Crippen molar-refractivity contribution in [2.45, 2.75) is 6.54 Å². The van der Waals surface area contributed by atoms with Gasteiger partial charge in [-0.1, -0.05) is 17.3 Å². The Hall–Kier alpha value is -3.28. The number of esters is 1. The number of nitrogens with zero attached hydrogens (tertiary/aromatic N) is 2. The Morgan fingerprint density at radius 3 is 2.54 bits per heavy atom. The molecule has 0 aliphatic carbocycles. The van der Waals surface area contributed by atoms with Crippen molar-refractivity contribution in [3.8, 4) is 0 Å². The van der Waals surface area contributed by atoms with Crippen LogP contribution >= 0.6 is 0 Å². The molecule has 0 saturated carbocycles. The van der Waals surface area contributed by atoms with Gasteiger partial charge in [0.2, 0.25) is 0 Å². The lowest BCUT2D eigenvalue weighted by atomic mass is 10.1. The van der Waals surface area contributed by atoms with Gasteiger partial charge in [-0.3, -0.25) is 0 Å². The van der Waals surface area contributed by atoms with Gasteiger partial charge in [0.05, 0.1) is 12.7 Å². The van der Waals surface area contributed by atoms with Crippen LogP contribution in [0.25, 0.3) is 10.9 Å². The van der Waals surface area contributed by atoms with Gasteiger partial charge in [0.1, 0.15) is 0 Å². The summed E-state index contributed by atoms with van der Waals surface area (Å²) >= 11 is 0. The van der Waals surface area contributed by atoms with Crippen LogP contribution < -0.4 is 5.73 Å². The molecule has 0 bridgehead atoms. The predicted molar refractivity (Wildman–Crippen MR) is 91.3 cm³/mol. The minimum absolute atomic E-state index is 0.0862. The number of rotatable bonds is 4. The van der Waals surface area contributed by atoms with Crippen LogP contribution in [0.3, 0.4) is 0 Å². The number of hydrogen-bond donors (Lipinski definition) is 2. The van der Waals surface area contributed by atoms with Crippen LogP contribution in [0.4, 0.5) is 0 Å². The number of aromatic nitrogens is 1. The molecular weight excluding hydrogens is 306 g/mol. The zero-order chi connectivity index (χ0) is 17.1. The zero-order valence-electron chi connectivity index (χ0n) is 13.1. The normalized spacial score (nSPS) is 11.6. The van der Waals surface area contributed by atoms with Crippen LogP contribution in [0, 0.1) is 0 Å². The molecule has 1 aromatic heterocycles. The number of carbonyl (C=O) groups excluding carboxylic acids is 1. The molecule has 6 nitrogen and oxygen atoms in total. The summed E-state index contributed by atoms with van der Waals surface area (Å²) in [7, 11) is 1.37. The number of carbonyl (C=O) groups is 1. The first-order chi connectivity index (χ1) is 11.6. The average molecular weight is 323 g/mol. The molecule has 0 saturated heterocycles. The number of hydrogen-bond acceptors (Lipinski definition) is 4. The number of fused-ring (bicyclic) bond motifs is 1. The number of benzene rings is 2. The fourth-order valence-electron chi connectivity index (χ4n) is 2.62. The maximum atomic E-state index is 11.5. The third-order valence-electron chi connectivity index (χ3n) is 3.90. The summed E-state index contributed by atoms with van der Waals surface area (Å²) in [5.74, 6) is -0.258. The number of nitrogens with two attached hydrogens (primary N) is 1. The molecule has 0 spiro atoms. The van der Waals surface area contributed by atoms with Crippen molar-refractivity contribution in [1.29, 1.82) is 0 Å². The molecule has 0 aliphatic heterocycles. The highest BCUT2D eigenvalue weighted by molar-refractivity contribution is 6.00. The number of oxime groups is 1. The van der Waals surface area contributed by atoms with Crippen LogP contribution in [-0.2, 0) is 11.3 Å². The summed E-state index contributed by atoms with van der Waals surface area (Å²) in [4.78, 5) is 11.5. The van der Waals surface area contributed by atoms with Crippen molar-refractivity contribution in [1.82, 2.24) is 4.57 Å². The topological polar surface area (TPSA) is 89.8 Å². The van der Waals surface area contributed by atoms with Gasteiger partial charge in [0.25, 0.3) is 0 Å². The van der Waals surface area contributed by atoms with E-state index in [0.29, 0.717) is 17.7 Å². The first-order valence-corrected chi connectivity index (χ1v) is 7.36. The van der Waals surface area contributed by atoms with Gasteiger partial charge in [-0.15, -0.1) is 0 Å². The number of amidine groups is 1. The van der Waals surface area contributed by atoms with Crippen molar-refractivity contribution in [2.75, 3.05) is 7.11 Å². The molecule has 0 aliphatic rings. The van der Waals surface area contributed by atoms with Crippen LogP contribution in [0.2, 0.25) is 0 Å². The Labute approximate surface area is 138 Å². The van der Waals surface area contributed by atoms with Gasteiger partial charge in [0, 0.05) is 29.2 Å². The van der Waals surface area contributed by atoms with Gasteiger partial charge < -0.3 is 20.2 Å². The third-order valence-corrected chi connectivity index (χ3v) is 3.90. The van der Waals surface area contributed by atoms with Gasteiger partial charge in [0.15, 0.2) is 5.84 Å². The molecular formula is C18H17N3O3. The zero-order valence-corrected chi connectivity index (χ0v) is 13.1. The van der Waals surface area contributed by atoms with Crippen LogP contribution in [0.15, 0.2) is 59.9 Å². The van der Waals surface area contributed by atoms with Crippen LogP contribution in [0.5, 0.6) is 0 Å². The SMILES string of the molecule is COC(=O)c1ccc(Cn2ccc3cc(/C(N)=N/O)ccc32)cc1. The van der Waals surface area contributed by atoms with Crippen LogP contribution in [0.1, 0.15) is 21.5 Å². The Morgan fingerprint density at radius 2 is 1.88 bits per heavy atom. The van der Waals surface area contributed by atoms with E-state index in [2.05, 4.69) is 9.72 Å². The molecule has 0 unspecified atom stereocenters. The van der Waals surface area contributed by atoms with Crippen molar-refractivity contribution in [3.05, 3.63) is 71.4 Å². The fraction of sp³-hybridized carbons (Fsp3) is 0.111. The summed E-state index contributed by atoms with van der Waals surface area (Å²) in [5.41, 5.74) is 8.94. The van der Waals surface area contributed by atoms with E-state index in [1.807, 2.05) is 42.6 Å². The second-order valence-electron chi connectivity index (χ2n) is 5.39. The quantitative estimate of drug-likeness (QED) is 0.254. The van der Waals surface area contributed by atoms with Crippen molar-refractivity contribution in [3.63, 3.8) is 0 Å². The largest absolute Gasteiger partial charge is 0.465 e. The van der Waals surface area contributed by atoms with Gasteiger partial charge in [-0.2, -0.15) is 0 Å². The molecule has 2 aromatic carbocycles. The van der Waals surface area contributed by atoms with E-state index in [1.54, 1.807) is 12.1 Å². The lowest BCUT2D eigenvalue weighted by molar-refractivity contribution is 0.0600. The summed E-state index contributed by atoms with van der Waals surface area (Å²) in [6.45, 7) is 0.674. The standard InChI is InChI=1S/C18H17N3O3/c1-24-18(22)13-4-2-12(3-5-13)11-21-9-8-14-10-15(17(19)20-23)6-7-16(14)21/h2-10,23H,11H2,1H3,(H2,19,20). The molecule has 6 heteroatoms. The molecule has 1 heterocycles. The summed E-state index contributed by atoms with van der Waals surface area (Å²) < 4.78 is 6.79. The molecule has 3 rings (SSSR count). The van der Waals surface area contributed by atoms with Gasteiger partial charge in [-0.25, -0.2) is 4.79 Å². The molecule has 122 valence electrons. The lowest BCUT2D eigenvalue weighted by Crippen LogP contribution is -2.12. The highest BCUT2D eigenvalue weighted by Gasteiger charge is 2.07. The van der Waals surface area contributed by atoms with E-state index >= 15 is 0 Å². The number of methoxy groups -OCH3 is 1. The fourth-order valence-corrected chi connectivity index (χ4v) is 2.62. The minimum atomic E-state index is -0.344. The van der Waals surface area contributed by atoms with E-state index in [-0.39, 0.29) is 11.8 Å².